The molecule has 0 spiro atoms. The molecule has 3 saturated carbocycles. The summed E-state index contributed by atoms with van der Waals surface area (Å²) in [6.45, 7) is 4.59. The highest BCUT2D eigenvalue weighted by molar-refractivity contribution is 5.33. The van der Waals surface area contributed by atoms with Gasteiger partial charge in [-0.3, -0.25) is 0 Å². The zero-order chi connectivity index (χ0) is 30.2. The van der Waals surface area contributed by atoms with Gasteiger partial charge in [0.1, 0.15) is 5.75 Å². The van der Waals surface area contributed by atoms with E-state index in [-0.39, 0.29) is 18.8 Å². The van der Waals surface area contributed by atoms with Crippen LogP contribution >= 0.6 is 0 Å². The predicted molar refractivity (Wildman–Crippen MR) is 150 cm³/mol. The normalized spacial score (nSPS) is 29.4. The third kappa shape index (κ3) is 9.95. The first kappa shape index (κ1) is 32.7. The number of benzene rings is 1. The molecule has 3 aliphatic rings. The third-order valence-electron chi connectivity index (χ3n) is 9.39. The Morgan fingerprint density at radius 2 is 1.33 bits per heavy atom. The third-order valence-corrected chi connectivity index (χ3v) is 9.39. The molecule has 3 fully saturated rings. The second-order valence-electron chi connectivity index (χ2n) is 12.3. The number of alkyl halides is 5. The molecule has 42 heavy (non-hydrogen) atoms. The number of unbranched alkanes of at least 4 members (excludes halogenated alkanes) is 1. The van der Waals surface area contributed by atoms with Crippen LogP contribution in [0.15, 0.2) is 43.0 Å². The molecule has 3 aliphatic carbocycles. The van der Waals surface area contributed by atoms with Gasteiger partial charge < -0.3 is 14.2 Å². The van der Waals surface area contributed by atoms with E-state index in [1.165, 1.54) is 51.4 Å². The van der Waals surface area contributed by atoms with Crippen LogP contribution in [0.5, 0.6) is 11.5 Å². The number of hydrogen-bond acceptors (Lipinski definition) is 3. The zero-order valence-electron chi connectivity index (χ0n) is 24.2. The summed E-state index contributed by atoms with van der Waals surface area (Å²) < 4.78 is 94.8. The molecule has 0 saturated heterocycles. The van der Waals surface area contributed by atoms with Crippen molar-refractivity contribution >= 4 is 0 Å². The maximum absolute atomic E-state index is 14.8. The zero-order valence-corrected chi connectivity index (χ0v) is 24.2. The minimum absolute atomic E-state index is 0.243. The Hall–Kier alpha value is -2.16. The fourth-order valence-corrected chi connectivity index (χ4v) is 6.97. The lowest BCUT2D eigenvalue weighted by Gasteiger charge is -2.37. The molecule has 0 aromatic heterocycles. The molecule has 9 heteroatoms. The van der Waals surface area contributed by atoms with Gasteiger partial charge in [-0.1, -0.05) is 18.2 Å². The van der Waals surface area contributed by atoms with E-state index in [0.29, 0.717) is 37.0 Å². The van der Waals surface area contributed by atoms with Crippen LogP contribution in [0, 0.1) is 35.4 Å². The highest BCUT2D eigenvalue weighted by Gasteiger charge is 2.44. The maximum atomic E-state index is 14.8. The van der Waals surface area contributed by atoms with Gasteiger partial charge >= 0.3 is 12.5 Å². The van der Waals surface area contributed by atoms with Crippen LogP contribution in [-0.2, 0) is 4.74 Å². The largest absolute Gasteiger partial charge is 0.573 e. The summed E-state index contributed by atoms with van der Waals surface area (Å²) >= 11 is 0. The molecule has 0 N–H and O–H groups in total. The lowest BCUT2D eigenvalue weighted by molar-refractivity contribution is -0.275. The van der Waals surface area contributed by atoms with E-state index in [0.717, 1.165) is 37.4 Å². The Morgan fingerprint density at radius 3 is 1.88 bits per heavy atom. The maximum Gasteiger partial charge on any atom is 0.573 e. The van der Waals surface area contributed by atoms with E-state index < -0.39 is 35.7 Å². The van der Waals surface area contributed by atoms with Gasteiger partial charge in [-0.15, -0.1) is 19.8 Å². The van der Waals surface area contributed by atoms with Crippen LogP contribution in [0.4, 0.5) is 26.3 Å². The highest BCUT2D eigenvalue weighted by Crippen LogP contribution is 2.43. The highest BCUT2D eigenvalue weighted by atomic mass is 19.4. The van der Waals surface area contributed by atoms with Gasteiger partial charge in [-0.05, 0) is 126 Å². The van der Waals surface area contributed by atoms with Crippen molar-refractivity contribution in [2.75, 3.05) is 6.61 Å². The van der Waals surface area contributed by atoms with Crippen LogP contribution in [-0.4, -0.2) is 25.2 Å². The van der Waals surface area contributed by atoms with Gasteiger partial charge in [0.25, 0.3) is 0 Å². The second-order valence-corrected chi connectivity index (χ2v) is 12.3. The van der Waals surface area contributed by atoms with Crippen molar-refractivity contribution in [2.45, 2.75) is 108 Å². The molecule has 0 amide bonds. The molecule has 0 heterocycles. The minimum atomic E-state index is -5.08. The number of ether oxygens (including phenoxy) is 3. The van der Waals surface area contributed by atoms with Gasteiger partial charge in [0.2, 0.25) is 0 Å². The molecule has 0 aliphatic heterocycles. The van der Waals surface area contributed by atoms with Crippen LogP contribution in [0.3, 0.4) is 0 Å². The number of halogens is 6. The van der Waals surface area contributed by atoms with Gasteiger partial charge in [-0.2, -0.15) is 8.78 Å². The quantitative estimate of drug-likeness (QED) is 0.135. The van der Waals surface area contributed by atoms with Gasteiger partial charge in [0.05, 0.1) is 12.0 Å². The standard InChI is InChI=1S/C33H44F6O3/c1-2-3-4-21-40-28-17-13-26(14-18-28)25-11-7-23(8-12-25)5-6-24-9-15-27(16-10-24)32(35,36)41-29-19-20-31(30(34)22-29)42-33(37,38)39/h2,5-6,19-20,22-28H,1,3-4,7-18,21H2/b6-5+. The van der Waals surface area contributed by atoms with Crippen molar-refractivity contribution < 1.29 is 40.6 Å². The van der Waals surface area contributed by atoms with Crippen molar-refractivity contribution in [1.29, 1.82) is 0 Å². The SMILES string of the molecule is C=CCCCOC1CCC(C2CCC(/C=C/C3CCC(C(F)(F)Oc4ccc(OC(F)(F)F)c(F)c4)CC3)CC2)CC1. The number of rotatable bonds is 12. The molecule has 1 aromatic carbocycles. The summed E-state index contributed by atoms with van der Waals surface area (Å²) in [6, 6.07) is 1.98. The molecule has 0 unspecified atom stereocenters. The molecule has 4 rings (SSSR count). The average Bonchev–Trinajstić information content (AvgIpc) is 2.96. The summed E-state index contributed by atoms with van der Waals surface area (Å²) in [5, 5.41) is 0. The fourth-order valence-electron chi connectivity index (χ4n) is 6.97. The fraction of sp³-hybridized carbons (Fsp3) is 0.697. The molecular formula is C33H44F6O3. The average molecular weight is 603 g/mol. The van der Waals surface area contributed by atoms with Crippen molar-refractivity contribution in [3.8, 4) is 11.5 Å². The van der Waals surface area contributed by atoms with E-state index >= 15 is 0 Å². The molecule has 0 bridgehead atoms. The number of hydrogen-bond donors (Lipinski definition) is 0. The lowest BCUT2D eigenvalue weighted by atomic mass is 9.70. The summed E-state index contributed by atoms with van der Waals surface area (Å²) in [5.74, 6) is -1.69. The Balaban J connectivity index is 1.14. The molecule has 0 radical (unpaired) electrons. The Morgan fingerprint density at radius 1 is 0.762 bits per heavy atom. The van der Waals surface area contributed by atoms with Gasteiger partial charge in [-0.25, -0.2) is 4.39 Å². The Labute approximate surface area is 245 Å². The monoisotopic (exact) mass is 602 g/mol. The van der Waals surface area contributed by atoms with E-state index in [1.807, 2.05) is 6.08 Å². The molecule has 236 valence electrons. The predicted octanol–water partition coefficient (Wildman–Crippen LogP) is 10.4. The van der Waals surface area contributed by atoms with Crippen molar-refractivity contribution in [3.05, 3.63) is 48.8 Å². The first-order chi connectivity index (χ1) is 20.0. The topological polar surface area (TPSA) is 27.7 Å². The van der Waals surface area contributed by atoms with Crippen molar-refractivity contribution in [3.63, 3.8) is 0 Å². The van der Waals surface area contributed by atoms with E-state index in [9.17, 15) is 26.3 Å². The first-order valence-electron chi connectivity index (χ1n) is 15.6. The molecular weight excluding hydrogens is 558 g/mol. The summed E-state index contributed by atoms with van der Waals surface area (Å²) in [6.07, 6.45) is 11.8. The molecule has 0 atom stereocenters. The van der Waals surface area contributed by atoms with Crippen molar-refractivity contribution in [2.24, 2.45) is 29.6 Å². The van der Waals surface area contributed by atoms with E-state index in [2.05, 4.69) is 23.5 Å². The number of allylic oxidation sites excluding steroid dienone is 3. The minimum Gasteiger partial charge on any atom is -0.432 e. The van der Waals surface area contributed by atoms with Crippen molar-refractivity contribution in [1.82, 2.24) is 0 Å². The van der Waals surface area contributed by atoms with Crippen LogP contribution in [0.2, 0.25) is 0 Å². The van der Waals surface area contributed by atoms with E-state index in [1.54, 1.807) is 0 Å². The Kier molecular flexibility index (Phi) is 11.7. The van der Waals surface area contributed by atoms with E-state index in [4.69, 9.17) is 9.47 Å². The van der Waals surface area contributed by atoms with Crippen LogP contribution in [0.25, 0.3) is 0 Å². The second kappa shape index (κ2) is 15.0. The summed E-state index contributed by atoms with van der Waals surface area (Å²) in [5.41, 5.74) is 0. The summed E-state index contributed by atoms with van der Waals surface area (Å²) in [7, 11) is 0. The summed E-state index contributed by atoms with van der Waals surface area (Å²) in [4.78, 5) is 0. The van der Waals surface area contributed by atoms with Gasteiger partial charge in [0.15, 0.2) is 11.6 Å². The van der Waals surface area contributed by atoms with Crippen LogP contribution < -0.4 is 9.47 Å². The molecule has 1 aromatic rings. The lowest BCUT2D eigenvalue weighted by Crippen LogP contribution is -2.37. The molecule has 3 nitrogen and oxygen atoms in total. The van der Waals surface area contributed by atoms with Crippen LogP contribution in [0.1, 0.15) is 89.9 Å². The first-order valence-corrected chi connectivity index (χ1v) is 15.6. The Bertz CT molecular complexity index is 1000. The van der Waals surface area contributed by atoms with Gasteiger partial charge in [0, 0.05) is 12.7 Å². The smallest absolute Gasteiger partial charge is 0.432 e.